The number of nitrogens with one attached hydrogen (secondary N) is 2. The summed E-state index contributed by atoms with van der Waals surface area (Å²) < 4.78 is 38.6. The minimum absolute atomic E-state index is 0.00818. The number of hydrogen-bond donors (Lipinski definition) is 2. The summed E-state index contributed by atoms with van der Waals surface area (Å²) in [5.74, 6) is -0.363. The molecular weight excluding hydrogens is 442 g/mol. The Bertz CT molecular complexity index is 953. The van der Waals surface area contributed by atoms with Crippen LogP contribution in [0.15, 0.2) is 42.5 Å². The van der Waals surface area contributed by atoms with E-state index in [1.165, 1.54) is 17.0 Å². The van der Waals surface area contributed by atoms with Gasteiger partial charge in [0, 0.05) is 28.8 Å². The second-order valence-electron chi connectivity index (χ2n) is 6.81. The summed E-state index contributed by atoms with van der Waals surface area (Å²) in [6, 6.07) is 7.91. The maximum atomic E-state index is 12.9. The van der Waals surface area contributed by atoms with E-state index in [4.69, 9.17) is 23.2 Å². The van der Waals surface area contributed by atoms with Crippen molar-refractivity contribution in [1.29, 1.82) is 0 Å². The highest BCUT2D eigenvalue weighted by atomic mass is 35.5. The van der Waals surface area contributed by atoms with Crippen molar-refractivity contribution in [2.24, 2.45) is 0 Å². The molecule has 0 aliphatic carbocycles. The molecule has 0 bridgehead atoms. The van der Waals surface area contributed by atoms with Crippen molar-refractivity contribution in [3.63, 3.8) is 0 Å². The van der Waals surface area contributed by atoms with Crippen LogP contribution in [-0.2, 0) is 17.5 Å². The SMILES string of the molecule is O=C(NCc1ccc(Cl)cc1Cl)[C@@H]1CCCN1C(=O)Nc1cccc(C(F)(F)F)c1. The van der Waals surface area contributed by atoms with E-state index in [0.717, 1.165) is 12.1 Å². The molecule has 160 valence electrons. The minimum Gasteiger partial charge on any atom is -0.350 e. The fourth-order valence-corrected chi connectivity index (χ4v) is 3.69. The molecule has 30 heavy (non-hydrogen) atoms. The first kappa shape index (κ1) is 22.2. The molecule has 2 N–H and O–H groups in total. The molecule has 2 aromatic rings. The van der Waals surface area contributed by atoms with Crippen LogP contribution in [0.25, 0.3) is 0 Å². The lowest BCUT2D eigenvalue weighted by atomic mass is 10.2. The molecule has 0 aromatic heterocycles. The zero-order chi connectivity index (χ0) is 21.9. The van der Waals surface area contributed by atoms with E-state index in [1.54, 1.807) is 18.2 Å². The smallest absolute Gasteiger partial charge is 0.350 e. The molecular formula is C20H18Cl2F3N3O2. The number of carbonyl (C=O) groups excluding carboxylic acids is 2. The summed E-state index contributed by atoms with van der Waals surface area (Å²) in [7, 11) is 0. The van der Waals surface area contributed by atoms with Gasteiger partial charge in [0.15, 0.2) is 0 Å². The topological polar surface area (TPSA) is 61.4 Å². The number of rotatable bonds is 4. The zero-order valence-electron chi connectivity index (χ0n) is 15.6. The van der Waals surface area contributed by atoms with Crippen molar-refractivity contribution >= 4 is 40.8 Å². The Labute approximate surface area is 181 Å². The van der Waals surface area contributed by atoms with Crippen LogP contribution in [0.2, 0.25) is 10.0 Å². The molecule has 2 aromatic carbocycles. The molecule has 0 unspecified atom stereocenters. The predicted molar refractivity (Wildman–Crippen MR) is 108 cm³/mol. The van der Waals surface area contributed by atoms with Crippen LogP contribution < -0.4 is 10.6 Å². The first-order valence-electron chi connectivity index (χ1n) is 9.11. The minimum atomic E-state index is -4.51. The Balaban J connectivity index is 1.63. The van der Waals surface area contributed by atoms with Gasteiger partial charge in [0.05, 0.1) is 5.56 Å². The summed E-state index contributed by atoms with van der Waals surface area (Å²) in [5.41, 5.74) is -0.183. The van der Waals surface area contributed by atoms with E-state index in [2.05, 4.69) is 10.6 Å². The van der Waals surface area contributed by atoms with E-state index in [-0.39, 0.29) is 18.1 Å². The Morgan fingerprint density at radius 3 is 2.60 bits per heavy atom. The lowest BCUT2D eigenvalue weighted by Crippen LogP contribution is -2.47. The molecule has 3 rings (SSSR count). The molecule has 1 heterocycles. The van der Waals surface area contributed by atoms with Crippen LogP contribution in [0, 0.1) is 0 Å². The van der Waals surface area contributed by atoms with E-state index in [0.29, 0.717) is 35.0 Å². The largest absolute Gasteiger partial charge is 0.416 e. The van der Waals surface area contributed by atoms with Gasteiger partial charge in [-0.2, -0.15) is 13.2 Å². The highest BCUT2D eigenvalue weighted by Crippen LogP contribution is 2.31. The van der Waals surface area contributed by atoms with Gasteiger partial charge in [-0.25, -0.2) is 4.79 Å². The van der Waals surface area contributed by atoms with Gasteiger partial charge in [0.2, 0.25) is 5.91 Å². The molecule has 1 saturated heterocycles. The summed E-state index contributed by atoms with van der Waals surface area (Å²) in [5, 5.41) is 6.07. The highest BCUT2D eigenvalue weighted by molar-refractivity contribution is 6.35. The lowest BCUT2D eigenvalue weighted by Gasteiger charge is -2.24. The van der Waals surface area contributed by atoms with Crippen molar-refractivity contribution in [3.05, 3.63) is 63.6 Å². The highest BCUT2D eigenvalue weighted by Gasteiger charge is 2.35. The molecule has 10 heteroatoms. The number of benzene rings is 2. The number of urea groups is 1. The first-order valence-corrected chi connectivity index (χ1v) is 9.87. The molecule has 1 aliphatic rings. The van der Waals surface area contributed by atoms with Gasteiger partial charge in [-0.05, 0) is 48.7 Å². The van der Waals surface area contributed by atoms with Crippen molar-refractivity contribution in [3.8, 4) is 0 Å². The molecule has 1 aliphatic heterocycles. The van der Waals surface area contributed by atoms with Crippen LogP contribution in [0.5, 0.6) is 0 Å². The van der Waals surface area contributed by atoms with E-state index < -0.39 is 23.8 Å². The number of anilines is 1. The number of alkyl halides is 3. The second kappa shape index (κ2) is 9.14. The molecule has 0 spiro atoms. The van der Waals surface area contributed by atoms with Crippen LogP contribution in [-0.4, -0.2) is 29.4 Å². The number of hydrogen-bond acceptors (Lipinski definition) is 2. The number of likely N-dealkylation sites (tertiary alicyclic amines) is 1. The summed E-state index contributed by atoms with van der Waals surface area (Å²) in [4.78, 5) is 26.5. The van der Waals surface area contributed by atoms with Crippen LogP contribution >= 0.6 is 23.2 Å². The lowest BCUT2D eigenvalue weighted by molar-refractivity contribution is -0.137. The number of amides is 3. The van der Waals surface area contributed by atoms with Crippen molar-refractivity contribution in [2.75, 3.05) is 11.9 Å². The van der Waals surface area contributed by atoms with Crippen LogP contribution in [0.4, 0.5) is 23.7 Å². The Morgan fingerprint density at radius 1 is 1.13 bits per heavy atom. The molecule has 3 amide bonds. The van der Waals surface area contributed by atoms with Crippen molar-refractivity contribution < 1.29 is 22.8 Å². The van der Waals surface area contributed by atoms with Crippen LogP contribution in [0.1, 0.15) is 24.0 Å². The summed E-state index contributed by atoms with van der Waals surface area (Å²) >= 11 is 11.9. The predicted octanol–water partition coefficient (Wildman–Crippen LogP) is 5.32. The molecule has 1 atom stereocenters. The third kappa shape index (κ3) is 5.37. The Kier molecular flexibility index (Phi) is 6.77. The summed E-state index contributed by atoms with van der Waals surface area (Å²) in [6.07, 6.45) is -3.45. The van der Waals surface area contributed by atoms with Gasteiger partial charge in [0.25, 0.3) is 0 Å². The number of carbonyl (C=O) groups is 2. The van der Waals surface area contributed by atoms with Gasteiger partial charge < -0.3 is 15.5 Å². The Morgan fingerprint density at radius 2 is 1.90 bits per heavy atom. The van der Waals surface area contributed by atoms with Gasteiger partial charge in [-0.1, -0.05) is 35.3 Å². The molecule has 1 fully saturated rings. The average Bonchev–Trinajstić information content (AvgIpc) is 3.17. The van der Waals surface area contributed by atoms with Crippen molar-refractivity contribution in [1.82, 2.24) is 10.2 Å². The van der Waals surface area contributed by atoms with Gasteiger partial charge in [0.1, 0.15) is 6.04 Å². The molecule has 5 nitrogen and oxygen atoms in total. The molecule has 0 radical (unpaired) electrons. The second-order valence-corrected chi connectivity index (χ2v) is 7.66. The fourth-order valence-electron chi connectivity index (χ4n) is 3.22. The fraction of sp³-hybridized carbons (Fsp3) is 0.300. The third-order valence-electron chi connectivity index (χ3n) is 4.73. The average molecular weight is 460 g/mol. The van der Waals surface area contributed by atoms with Gasteiger partial charge in [-0.15, -0.1) is 0 Å². The van der Waals surface area contributed by atoms with Gasteiger partial charge >= 0.3 is 12.2 Å². The monoisotopic (exact) mass is 459 g/mol. The van der Waals surface area contributed by atoms with E-state index in [9.17, 15) is 22.8 Å². The normalized spacial score (nSPS) is 16.4. The summed E-state index contributed by atoms with van der Waals surface area (Å²) in [6.45, 7) is 0.485. The zero-order valence-corrected chi connectivity index (χ0v) is 17.1. The van der Waals surface area contributed by atoms with Crippen LogP contribution in [0.3, 0.4) is 0 Å². The van der Waals surface area contributed by atoms with Gasteiger partial charge in [-0.3, -0.25) is 4.79 Å². The Hall–Kier alpha value is -2.45. The number of halogens is 5. The third-order valence-corrected chi connectivity index (χ3v) is 5.31. The standard InChI is InChI=1S/C20H18Cl2F3N3O2/c21-14-7-6-12(16(22)10-14)11-26-18(29)17-5-2-8-28(17)19(30)27-15-4-1-3-13(9-15)20(23,24)25/h1,3-4,6-7,9-10,17H,2,5,8,11H2,(H,26,29)(H,27,30)/t17-/m0/s1. The van der Waals surface area contributed by atoms with E-state index >= 15 is 0 Å². The first-order chi connectivity index (χ1) is 14.1. The maximum Gasteiger partial charge on any atom is 0.416 e. The molecule has 0 saturated carbocycles. The quantitative estimate of drug-likeness (QED) is 0.649. The maximum absolute atomic E-state index is 12.9. The van der Waals surface area contributed by atoms with E-state index in [1.807, 2.05) is 0 Å². The number of nitrogens with zero attached hydrogens (tertiary/aromatic N) is 1. The van der Waals surface area contributed by atoms with Crippen molar-refractivity contribution in [2.45, 2.75) is 31.6 Å².